The van der Waals surface area contributed by atoms with E-state index in [1.165, 1.54) is 0 Å². The second-order valence-corrected chi connectivity index (χ2v) is 8.51. The minimum absolute atomic E-state index is 0.151. The van der Waals surface area contributed by atoms with Crippen molar-refractivity contribution >= 4 is 27.6 Å². The van der Waals surface area contributed by atoms with E-state index in [0.29, 0.717) is 21.8 Å². The van der Waals surface area contributed by atoms with E-state index in [0.717, 1.165) is 12.0 Å². The van der Waals surface area contributed by atoms with E-state index >= 15 is 0 Å². The molecule has 6 nitrogen and oxygen atoms in total. The van der Waals surface area contributed by atoms with E-state index in [1.54, 1.807) is 13.1 Å². The molecular formula is C16H22ClF3N4O2S. The lowest BCUT2D eigenvalue weighted by Gasteiger charge is -2.32. The summed E-state index contributed by atoms with van der Waals surface area (Å²) < 4.78 is 61.1. The Labute approximate surface area is 161 Å². The molecule has 1 aliphatic heterocycles. The lowest BCUT2D eigenvalue weighted by atomic mass is 10.1. The van der Waals surface area contributed by atoms with Crippen molar-refractivity contribution < 1.29 is 21.6 Å². The van der Waals surface area contributed by atoms with Crippen LogP contribution >= 0.6 is 11.6 Å². The number of nitrogens with one attached hydrogen (secondary N) is 2. The molecule has 0 spiro atoms. The highest BCUT2D eigenvalue weighted by Gasteiger charge is 2.50. The van der Waals surface area contributed by atoms with Gasteiger partial charge in [-0.3, -0.25) is 4.99 Å². The van der Waals surface area contributed by atoms with E-state index in [1.807, 2.05) is 18.2 Å². The fourth-order valence-corrected chi connectivity index (χ4v) is 3.99. The van der Waals surface area contributed by atoms with Gasteiger partial charge in [-0.05, 0) is 37.0 Å². The predicted octanol–water partition coefficient (Wildman–Crippen LogP) is 2.36. The van der Waals surface area contributed by atoms with Crippen LogP contribution < -0.4 is 10.6 Å². The lowest BCUT2D eigenvalue weighted by molar-refractivity contribution is -0.0494. The lowest BCUT2D eigenvalue weighted by Crippen LogP contribution is -2.51. The molecule has 1 aliphatic rings. The summed E-state index contributed by atoms with van der Waals surface area (Å²) in [5.41, 5.74) is -4.19. The molecule has 0 bridgehead atoms. The van der Waals surface area contributed by atoms with E-state index in [4.69, 9.17) is 11.6 Å². The summed E-state index contributed by atoms with van der Waals surface area (Å²) in [6.07, 6.45) is 1.26. The highest BCUT2D eigenvalue weighted by Crippen LogP contribution is 2.28. The van der Waals surface area contributed by atoms with Crippen molar-refractivity contribution in [3.63, 3.8) is 0 Å². The molecule has 0 aliphatic carbocycles. The minimum atomic E-state index is -5.26. The molecule has 0 unspecified atom stereocenters. The van der Waals surface area contributed by atoms with Crippen LogP contribution in [0, 0.1) is 0 Å². The van der Waals surface area contributed by atoms with Crippen LogP contribution in [0.3, 0.4) is 0 Å². The zero-order chi connectivity index (χ0) is 20.1. The summed E-state index contributed by atoms with van der Waals surface area (Å²) in [5, 5.41) is 6.92. The largest absolute Gasteiger partial charge is 0.511 e. The van der Waals surface area contributed by atoms with Gasteiger partial charge in [-0.2, -0.15) is 17.5 Å². The molecular weight excluding hydrogens is 405 g/mol. The van der Waals surface area contributed by atoms with Gasteiger partial charge in [-0.1, -0.05) is 23.7 Å². The van der Waals surface area contributed by atoms with Gasteiger partial charge in [0.25, 0.3) is 0 Å². The number of sulfonamides is 1. The Balaban J connectivity index is 1.79. The van der Waals surface area contributed by atoms with Crippen LogP contribution in [0.5, 0.6) is 0 Å². The van der Waals surface area contributed by atoms with Crippen molar-refractivity contribution in [3.8, 4) is 0 Å². The van der Waals surface area contributed by atoms with Gasteiger partial charge in [-0.15, -0.1) is 0 Å². The molecule has 0 radical (unpaired) electrons. The van der Waals surface area contributed by atoms with Crippen molar-refractivity contribution in [1.82, 2.24) is 14.9 Å². The molecule has 1 heterocycles. The first-order valence-corrected chi connectivity index (χ1v) is 10.2. The zero-order valence-corrected chi connectivity index (χ0v) is 16.3. The van der Waals surface area contributed by atoms with Gasteiger partial charge < -0.3 is 10.6 Å². The smallest absolute Gasteiger partial charge is 0.356 e. The average Bonchev–Trinajstić information content (AvgIpc) is 2.60. The normalized spacial score (nSPS) is 17.7. The Bertz CT molecular complexity index is 763. The summed E-state index contributed by atoms with van der Waals surface area (Å²) in [4.78, 5) is 4.09. The molecule has 1 fully saturated rings. The Morgan fingerprint density at radius 1 is 1.33 bits per heavy atom. The molecule has 0 saturated carbocycles. The summed E-state index contributed by atoms with van der Waals surface area (Å²) in [6, 6.07) is 7.34. The van der Waals surface area contributed by atoms with Crippen molar-refractivity contribution in [2.75, 3.05) is 26.7 Å². The third-order valence-electron chi connectivity index (χ3n) is 4.25. The second-order valence-electron chi connectivity index (χ2n) is 6.15. The Morgan fingerprint density at radius 3 is 2.56 bits per heavy atom. The van der Waals surface area contributed by atoms with Crippen molar-refractivity contribution in [2.45, 2.75) is 30.8 Å². The number of guanidine groups is 1. The highest BCUT2D eigenvalue weighted by molar-refractivity contribution is 7.90. The number of rotatable bonds is 5. The molecule has 152 valence electrons. The number of benzene rings is 1. The first-order valence-electron chi connectivity index (χ1n) is 8.41. The molecule has 1 aromatic rings. The summed E-state index contributed by atoms with van der Waals surface area (Å²) in [7, 11) is -3.66. The first kappa shape index (κ1) is 21.8. The molecule has 11 heteroatoms. The third-order valence-corrected chi connectivity index (χ3v) is 6.11. The van der Waals surface area contributed by atoms with Crippen LogP contribution in [0.25, 0.3) is 0 Å². The number of nitrogens with zero attached hydrogens (tertiary/aromatic N) is 2. The van der Waals surface area contributed by atoms with E-state index in [-0.39, 0.29) is 32.0 Å². The van der Waals surface area contributed by atoms with E-state index in [9.17, 15) is 21.6 Å². The maximum absolute atomic E-state index is 12.6. The molecule has 1 aromatic carbocycles. The van der Waals surface area contributed by atoms with Crippen LogP contribution in [0.4, 0.5) is 13.2 Å². The van der Waals surface area contributed by atoms with Crippen LogP contribution in [0.1, 0.15) is 18.4 Å². The summed E-state index contributed by atoms with van der Waals surface area (Å²) in [6.45, 7) is 0.235. The third kappa shape index (κ3) is 5.98. The second kappa shape index (κ2) is 9.11. The number of halogens is 4. The maximum Gasteiger partial charge on any atom is 0.511 e. The zero-order valence-electron chi connectivity index (χ0n) is 14.8. The Kier molecular flexibility index (Phi) is 7.35. The minimum Gasteiger partial charge on any atom is -0.356 e. The standard InChI is InChI=1S/C16H22ClF3N4O2S/c1-21-15(22-8-5-12-3-2-4-13(17)11-12)23-14-6-9-24(10-7-14)27(25,26)16(18,19)20/h2-4,11,14H,5-10H2,1H3,(H2,21,22,23). The summed E-state index contributed by atoms with van der Waals surface area (Å²) >= 11 is 5.94. The molecule has 2 N–H and O–H groups in total. The fourth-order valence-electron chi connectivity index (χ4n) is 2.79. The Hall–Kier alpha value is -1.52. The van der Waals surface area contributed by atoms with Gasteiger partial charge in [0.2, 0.25) is 0 Å². The topological polar surface area (TPSA) is 73.8 Å². The Morgan fingerprint density at radius 2 is 2.00 bits per heavy atom. The molecule has 2 rings (SSSR count). The van der Waals surface area contributed by atoms with Gasteiger partial charge in [0.15, 0.2) is 5.96 Å². The van der Waals surface area contributed by atoms with Crippen LogP contribution in [0.2, 0.25) is 5.02 Å². The monoisotopic (exact) mass is 426 g/mol. The van der Waals surface area contributed by atoms with E-state index < -0.39 is 15.5 Å². The van der Waals surface area contributed by atoms with Crippen LogP contribution in [-0.2, 0) is 16.4 Å². The molecule has 1 saturated heterocycles. The van der Waals surface area contributed by atoms with Crippen LogP contribution in [0.15, 0.2) is 29.3 Å². The van der Waals surface area contributed by atoms with Gasteiger partial charge in [0, 0.05) is 37.7 Å². The number of hydrogen-bond acceptors (Lipinski definition) is 3. The van der Waals surface area contributed by atoms with Gasteiger partial charge in [-0.25, -0.2) is 8.42 Å². The number of piperidine rings is 1. The molecule has 0 atom stereocenters. The van der Waals surface area contributed by atoms with Gasteiger partial charge in [0.1, 0.15) is 0 Å². The number of alkyl halides is 3. The van der Waals surface area contributed by atoms with Crippen molar-refractivity contribution in [3.05, 3.63) is 34.9 Å². The van der Waals surface area contributed by atoms with Gasteiger partial charge in [0.05, 0.1) is 0 Å². The van der Waals surface area contributed by atoms with Gasteiger partial charge >= 0.3 is 15.5 Å². The maximum atomic E-state index is 12.6. The highest BCUT2D eigenvalue weighted by atomic mass is 35.5. The molecule has 0 aromatic heterocycles. The number of aliphatic imine (C=N–C) groups is 1. The van der Waals surface area contributed by atoms with Crippen molar-refractivity contribution in [1.29, 1.82) is 0 Å². The molecule has 0 amide bonds. The SMILES string of the molecule is CN=C(NCCc1cccc(Cl)c1)NC1CCN(S(=O)(=O)C(F)(F)F)CC1. The quantitative estimate of drug-likeness (QED) is 0.560. The van der Waals surface area contributed by atoms with Crippen LogP contribution in [-0.4, -0.2) is 56.9 Å². The number of hydrogen-bond donors (Lipinski definition) is 2. The predicted molar refractivity (Wildman–Crippen MR) is 99.2 cm³/mol. The first-order chi connectivity index (χ1) is 12.6. The van der Waals surface area contributed by atoms with Crippen molar-refractivity contribution in [2.24, 2.45) is 4.99 Å². The average molecular weight is 427 g/mol. The summed E-state index contributed by atoms with van der Waals surface area (Å²) in [5.74, 6) is 0.522. The fraction of sp³-hybridized carbons (Fsp3) is 0.562. The van der Waals surface area contributed by atoms with E-state index in [2.05, 4.69) is 15.6 Å². The molecule has 27 heavy (non-hydrogen) atoms.